The van der Waals surface area contributed by atoms with Crippen LogP contribution in [0, 0.1) is 13.8 Å². The Labute approximate surface area is 173 Å². The molecule has 0 N–H and O–H groups in total. The van der Waals surface area contributed by atoms with Gasteiger partial charge in [-0.3, -0.25) is 4.79 Å². The van der Waals surface area contributed by atoms with E-state index in [1.807, 2.05) is 49.6 Å². The third-order valence-corrected chi connectivity index (χ3v) is 5.47. The molecule has 0 atom stereocenters. The van der Waals surface area contributed by atoms with Crippen LogP contribution in [0.25, 0.3) is 10.2 Å². The number of ether oxygens (including phenoxy) is 2. The lowest BCUT2D eigenvalue weighted by molar-refractivity contribution is 0.0600. The molecular weight excluding hydrogens is 388 g/mol. The molecule has 0 fully saturated rings. The van der Waals surface area contributed by atoms with Gasteiger partial charge in [-0.1, -0.05) is 28.5 Å². The molecule has 6 nitrogen and oxygen atoms in total. The van der Waals surface area contributed by atoms with Crippen LogP contribution < -0.4 is 4.80 Å². The molecule has 0 saturated heterocycles. The van der Waals surface area contributed by atoms with Crippen LogP contribution in [0.3, 0.4) is 0 Å². The Bertz CT molecular complexity index is 1110. The summed E-state index contributed by atoms with van der Waals surface area (Å²) in [4.78, 5) is 29.7. The summed E-state index contributed by atoms with van der Waals surface area (Å²) in [5.41, 5.74) is 3.96. The molecule has 0 bridgehead atoms. The number of aryl methyl sites for hydroxylation is 2. The van der Waals surface area contributed by atoms with Gasteiger partial charge < -0.3 is 14.0 Å². The maximum Gasteiger partial charge on any atom is 0.337 e. The third-order valence-electron chi connectivity index (χ3n) is 4.43. The predicted octanol–water partition coefficient (Wildman–Crippen LogP) is 3.88. The zero-order valence-corrected chi connectivity index (χ0v) is 17.8. The van der Waals surface area contributed by atoms with Crippen molar-refractivity contribution in [2.75, 3.05) is 20.3 Å². The van der Waals surface area contributed by atoms with E-state index in [2.05, 4.69) is 4.99 Å². The number of carbonyl (C=O) groups excluding carboxylic acids is 2. The Hall–Kier alpha value is -2.77. The Morgan fingerprint density at radius 1 is 1.07 bits per heavy atom. The summed E-state index contributed by atoms with van der Waals surface area (Å²) in [6, 6.07) is 11.0. The normalized spacial score (nSPS) is 11.8. The predicted molar refractivity (Wildman–Crippen MR) is 113 cm³/mol. The molecule has 1 heterocycles. The average molecular weight is 413 g/mol. The first-order valence-corrected chi connectivity index (χ1v) is 10.2. The Kier molecular flexibility index (Phi) is 6.61. The number of carbonyl (C=O) groups is 2. The number of rotatable bonds is 6. The fourth-order valence-corrected chi connectivity index (χ4v) is 4.26. The monoisotopic (exact) mass is 412 g/mol. The molecule has 29 heavy (non-hydrogen) atoms. The number of aromatic nitrogens is 1. The molecule has 0 aliphatic rings. The third kappa shape index (κ3) is 4.81. The van der Waals surface area contributed by atoms with Crippen LogP contribution in [-0.2, 0) is 16.0 Å². The van der Waals surface area contributed by atoms with E-state index in [9.17, 15) is 9.59 Å². The highest BCUT2D eigenvalue weighted by molar-refractivity contribution is 7.16. The van der Waals surface area contributed by atoms with Gasteiger partial charge >= 0.3 is 5.97 Å². The minimum Gasteiger partial charge on any atom is -0.465 e. The summed E-state index contributed by atoms with van der Waals surface area (Å²) in [5.74, 6) is -0.687. The van der Waals surface area contributed by atoms with E-state index >= 15 is 0 Å². The van der Waals surface area contributed by atoms with Crippen LogP contribution in [0.2, 0.25) is 0 Å². The summed E-state index contributed by atoms with van der Waals surface area (Å²) < 4.78 is 13.1. The first-order valence-electron chi connectivity index (χ1n) is 9.39. The molecule has 0 aliphatic carbocycles. The standard InChI is InChI=1S/C22H24N2O4S/c1-5-28-9-8-24-18-7-6-16(21(26)27-4)13-19(18)29-22(24)23-20(25)17-11-14(2)10-15(3)12-17/h6-7,10-13H,5,8-9H2,1-4H3. The van der Waals surface area contributed by atoms with Crippen molar-refractivity contribution < 1.29 is 19.1 Å². The number of amides is 1. The lowest BCUT2D eigenvalue weighted by Crippen LogP contribution is -2.19. The number of fused-ring (bicyclic) bond motifs is 1. The minimum atomic E-state index is -0.397. The maximum absolute atomic E-state index is 12.8. The van der Waals surface area contributed by atoms with Gasteiger partial charge in [-0.05, 0) is 51.1 Å². The minimum absolute atomic E-state index is 0.290. The van der Waals surface area contributed by atoms with Crippen LogP contribution in [0.4, 0.5) is 0 Å². The molecule has 3 aromatic rings. The van der Waals surface area contributed by atoms with Gasteiger partial charge in [-0.15, -0.1) is 0 Å². The van der Waals surface area contributed by atoms with Crippen molar-refractivity contribution in [1.29, 1.82) is 0 Å². The summed E-state index contributed by atoms with van der Waals surface area (Å²) in [5, 5.41) is 0. The van der Waals surface area contributed by atoms with Crippen molar-refractivity contribution >= 4 is 33.4 Å². The van der Waals surface area contributed by atoms with Crippen LogP contribution in [0.1, 0.15) is 38.8 Å². The van der Waals surface area contributed by atoms with Crippen molar-refractivity contribution in [2.24, 2.45) is 4.99 Å². The summed E-state index contributed by atoms with van der Waals surface area (Å²) in [6.45, 7) is 7.53. The Morgan fingerprint density at radius 3 is 2.45 bits per heavy atom. The van der Waals surface area contributed by atoms with Gasteiger partial charge in [0.15, 0.2) is 4.80 Å². The van der Waals surface area contributed by atoms with Crippen molar-refractivity contribution in [2.45, 2.75) is 27.3 Å². The Balaban J connectivity index is 2.10. The number of benzene rings is 2. The molecule has 1 aromatic heterocycles. The molecule has 0 saturated carbocycles. The van der Waals surface area contributed by atoms with Crippen LogP contribution in [-0.4, -0.2) is 36.8 Å². The first-order chi connectivity index (χ1) is 13.9. The van der Waals surface area contributed by atoms with E-state index < -0.39 is 5.97 Å². The smallest absolute Gasteiger partial charge is 0.337 e. The number of esters is 1. The molecule has 0 aliphatic heterocycles. The molecule has 7 heteroatoms. The number of methoxy groups -OCH3 is 1. The van der Waals surface area contributed by atoms with E-state index in [1.54, 1.807) is 12.1 Å². The first kappa shape index (κ1) is 21.0. The number of thiazole rings is 1. The van der Waals surface area contributed by atoms with Gasteiger partial charge in [-0.2, -0.15) is 4.99 Å². The van der Waals surface area contributed by atoms with Crippen LogP contribution in [0.5, 0.6) is 0 Å². The number of nitrogens with zero attached hydrogens (tertiary/aromatic N) is 2. The highest BCUT2D eigenvalue weighted by atomic mass is 32.1. The zero-order valence-electron chi connectivity index (χ0n) is 17.0. The van der Waals surface area contributed by atoms with Gasteiger partial charge in [0.05, 0.1) is 29.5 Å². The van der Waals surface area contributed by atoms with E-state index in [4.69, 9.17) is 9.47 Å². The molecule has 1 amide bonds. The molecule has 2 aromatic carbocycles. The molecule has 0 radical (unpaired) electrons. The summed E-state index contributed by atoms with van der Waals surface area (Å²) >= 11 is 1.37. The molecule has 0 unspecified atom stereocenters. The summed E-state index contributed by atoms with van der Waals surface area (Å²) in [6.07, 6.45) is 0. The van der Waals surface area contributed by atoms with Crippen molar-refractivity contribution in [3.63, 3.8) is 0 Å². The topological polar surface area (TPSA) is 69.9 Å². The van der Waals surface area contributed by atoms with E-state index in [1.165, 1.54) is 18.4 Å². The second-order valence-electron chi connectivity index (χ2n) is 6.70. The SMILES string of the molecule is CCOCCn1c(=NC(=O)c2cc(C)cc(C)c2)sc2cc(C(=O)OC)ccc21. The van der Waals surface area contributed by atoms with E-state index in [0.29, 0.717) is 35.7 Å². The fourth-order valence-electron chi connectivity index (χ4n) is 3.17. The molecule has 0 spiro atoms. The second-order valence-corrected chi connectivity index (χ2v) is 7.71. The molecular formula is C22H24N2O4S. The van der Waals surface area contributed by atoms with Gasteiger partial charge in [0.25, 0.3) is 5.91 Å². The van der Waals surface area contributed by atoms with E-state index in [0.717, 1.165) is 21.3 Å². The van der Waals surface area contributed by atoms with Gasteiger partial charge in [0.2, 0.25) is 0 Å². The lowest BCUT2D eigenvalue weighted by atomic mass is 10.1. The quantitative estimate of drug-likeness (QED) is 0.455. The maximum atomic E-state index is 12.8. The second kappa shape index (κ2) is 9.15. The largest absolute Gasteiger partial charge is 0.465 e. The van der Waals surface area contributed by atoms with Gasteiger partial charge in [0.1, 0.15) is 0 Å². The zero-order chi connectivity index (χ0) is 21.0. The van der Waals surface area contributed by atoms with Crippen molar-refractivity contribution in [3.8, 4) is 0 Å². The fraction of sp³-hybridized carbons (Fsp3) is 0.318. The van der Waals surface area contributed by atoms with Crippen molar-refractivity contribution in [1.82, 2.24) is 4.57 Å². The highest BCUT2D eigenvalue weighted by Gasteiger charge is 2.13. The van der Waals surface area contributed by atoms with Gasteiger partial charge in [0, 0.05) is 18.7 Å². The lowest BCUT2D eigenvalue weighted by Gasteiger charge is -2.06. The highest BCUT2D eigenvalue weighted by Crippen LogP contribution is 2.20. The van der Waals surface area contributed by atoms with Crippen LogP contribution in [0.15, 0.2) is 41.4 Å². The Morgan fingerprint density at radius 2 is 1.79 bits per heavy atom. The van der Waals surface area contributed by atoms with Crippen LogP contribution >= 0.6 is 11.3 Å². The average Bonchev–Trinajstić information content (AvgIpc) is 3.03. The molecule has 3 rings (SSSR count). The number of hydrogen-bond acceptors (Lipinski definition) is 5. The van der Waals surface area contributed by atoms with E-state index in [-0.39, 0.29) is 5.91 Å². The molecule has 152 valence electrons. The van der Waals surface area contributed by atoms with Gasteiger partial charge in [-0.25, -0.2) is 4.79 Å². The summed E-state index contributed by atoms with van der Waals surface area (Å²) in [7, 11) is 1.35. The van der Waals surface area contributed by atoms with Crippen molar-refractivity contribution in [3.05, 3.63) is 63.5 Å². The number of hydrogen-bond donors (Lipinski definition) is 0.